The van der Waals surface area contributed by atoms with Crippen LogP contribution in [0, 0.1) is 0 Å². The van der Waals surface area contributed by atoms with Crippen molar-refractivity contribution < 1.29 is 14.2 Å². The van der Waals surface area contributed by atoms with Gasteiger partial charge in [-0.25, -0.2) is 9.97 Å². The minimum atomic E-state index is -1.07. The van der Waals surface area contributed by atoms with Crippen molar-refractivity contribution in [1.82, 2.24) is 19.9 Å². The van der Waals surface area contributed by atoms with E-state index >= 15 is 0 Å². The van der Waals surface area contributed by atoms with E-state index in [0.717, 1.165) is 31.9 Å². The topological polar surface area (TPSA) is 73.7 Å². The fourth-order valence-corrected chi connectivity index (χ4v) is 4.67. The summed E-state index contributed by atoms with van der Waals surface area (Å²) in [6.07, 6.45) is 6.83. The van der Waals surface area contributed by atoms with Gasteiger partial charge in [0.2, 0.25) is 11.7 Å². The molecule has 5 rings (SSSR count). The van der Waals surface area contributed by atoms with Crippen molar-refractivity contribution >= 4 is 28.9 Å². The lowest BCUT2D eigenvalue weighted by atomic mass is 10.1. The second-order valence-corrected chi connectivity index (χ2v) is 8.91. The molecule has 4 heterocycles. The average Bonchev–Trinajstić information content (AvgIpc) is 3.49. The smallest absolute Gasteiger partial charge is 0.215 e. The van der Waals surface area contributed by atoms with Crippen LogP contribution >= 0.6 is 23.2 Å². The van der Waals surface area contributed by atoms with Gasteiger partial charge in [-0.2, -0.15) is 0 Å². The number of benzene rings is 1. The van der Waals surface area contributed by atoms with E-state index in [9.17, 15) is 0 Å². The van der Waals surface area contributed by atoms with Crippen molar-refractivity contribution in [1.29, 1.82) is 0 Å². The third-order valence-electron chi connectivity index (χ3n) is 5.77. The molecule has 0 aliphatic carbocycles. The summed E-state index contributed by atoms with van der Waals surface area (Å²) in [6, 6.07) is 9.23. The lowest BCUT2D eigenvalue weighted by Gasteiger charge is -2.30. The maximum absolute atomic E-state index is 6.52. The molecule has 33 heavy (non-hydrogen) atoms. The summed E-state index contributed by atoms with van der Waals surface area (Å²) in [5.74, 6) is -0.523. The van der Waals surface area contributed by atoms with Crippen molar-refractivity contribution in [3.63, 3.8) is 0 Å². The van der Waals surface area contributed by atoms with Crippen molar-refractivity contribution in [3.05, 3.63) is 70.9 Å². The Morgan fingerprint density at radius 2 is 2.06 bits per heavy atom. The summed E-state index contributed by atoms with van der Waals surface area (Å²) in [7, 11) is 0. The number of imidazole rings is 1. The molecule has 0 bridgehead atoms. The Bertz CT molecular complexity index is 1060. The first-order valence-electron chi connectivity index (χ1n) is 10.9. The van der Waals surface area contributed by atoms with Gasteiger partial charge < -0.3 is 29.0 Å². The van der Waals surface area contributed by atoms with Crippen LogP contribution < -0.4 is 15.0 Å². The molecular formula is C23H25Cl2N5O3. The Morgan fingerprint density at radius 1 is 1.18 bits per heavy atom. The summed E-state index contributed by atoms with van der Waals surface area (Å²) >= 11 is 12.6. The highest BCUT2D eigenvalue weighted by molar-refractivity contribution is 6.35. The summed E-state index contributed by atoms with van der Waals surface area (Å²) in [5, 5.41) is 4.38. The van der Waals surface area contributed by atoms with Crippen LogP contribution in [0.1, 0.15) is 5.56 Å². The molecule has 1 aromatic carbocycles. The number of ether oxygens (including phenoxy) is 3. The van der Waals surface area contributed by atoms with E-state index in [1.54, 1.807) is 24.7 Å². The van der Waals surface area contributed by atoms with Gasteiger partial charge in [0.15, 0.2) is 0 Å². The number of nitrogens with one attached hydrogen (secondary N) is 1. The largest absolute Gasteiger partial charge is 0.475 e. The van der Waals surface area contributed by atoms with Gasteiger partial charge >= 0.3 is 0 Å². The fourth-order valence-electron chi connectivity index (χ4n) is 4.12. The molecule has 2 aliphatic heterocycles. The zero-order valence-corrected chi connectivity index (χ0v) is 19.5. The third-order valence-corrected chi connectivity index (χ3v) is 6.32. The minimum absolute atomic E-state index is 0.296. The van der Waals surface area contributed by atoms with Crippen LogP contribution in [-0.4, -0.2) is 60.0 Å². The number of anilines is 1. The molecule has 2 atom stereocenters. The molecule has 10 heteroatoms. The number of hydrogen-bond acceptors (Lipinski definition) is 7. The summed E-state index contributed by atoms with van der Waals surface area (Å²) in [4.78, 5) is 10.9. The van der Waals surface area contributed by atoms with Crippen molar-refractivity contribution in [2.75, 3.05) is 44.3 Å². The summed E-state index contributed by atoms with van der Waals surface area (Å²) in [6.45, 7) is 4.96. The first kappa shape index (κ1) is 22.4. The van der Waals surface area contributed by atoms with Gasteiger partial charge in [0.1, 0.15) is 12.7 Å². The summed E-state index contributed by atoms with van der Waals surface area (Å²) in [5.41, 5.74) is 1.81. The second kappa shape index (κ2) is 9.87. The van der Waals surface area contributed by atoms with Crippen LogP contribution in [0.5, 0.6) is 5.88 Å². The van der Waals surface area contributed by atoms with Crippen LogP contribution in [0.2, 0.25) is 10.0 Å². The Hall–Kier alpha value is -2.36. The standard InChI is InChI=1S/C23H25Cl2N5O3/c24-17-1-3-20(21(25)11-17)23(15-29-8-5-27-16-29)32-14-19(33-23)13-31-22-4-2-18(12-28-22)30-9-6-26-7-10-30/h1-5,8,11-12,16,19,26H,6-7,9-10,13-15H2/t19-,23-/m1/s1. The minimum Gasteiger partial charge on any atom is -0.475 e. The van der Waals surface area contributed by atoms with Crippen molar-refractivity contribution in [2.45, 2.75) is 18.4 Å². The number of halogens is 2. The maximum Gasteiger partial charge on any atom is 0.215 e. The maximum atomic E-state index is 6.52. The van der Waals surface area contributed by atoms with Crippen LogP contribution in [-0.2, 0) is 21.8 Å². The molecule has 8 nitrogen and oxygen atoms in total. The monoisotopic (exact) mass is 489 g/mol. The quantitative estimate of drug-likeness (QED) is 0.545. The van der Waals surface area contributed by atoms with Gasteiger partial charge in [-0.15, -0.1) is 0 Å². The van der Waals surface area contributed by atoms with Crippen molar-refractivity contribution in [2.24, 2.45) is 0 Å². The number of aromatic nitrogens is 3. The van der Waals surface area contributed by atoms with Gasteiger partial charge in [0, 0.05) is 55.2 Å². The third kappa shape index (κ3) is 5.10. The highest BCUT2D eigenvalue weighted by Gasteiger charge is 2.45. The van der Waals surface area contributed by atoms with Gasteiger partial charge in [0.05, 0.1) is 36.4 Å². The van der Waals surface area contributed by atoms with E-state index < -0.39 is 5.79 Å². The van der Waals surface area contributed by atoms with Gasteiger partial charge in [-0.3, -0.25) is 0 Å². The zero-order chi connectivity index (χ0) is 22.7. The van der Waals surface area contributed by atoms with Crippen LogP contribution in [0.4, 0.5) is 5.69 Å². The highest BCUT2D eigenvalue weighted by Crippen LogP contribution is 2.40. The second-order valence-electron chi connectivity index (χ2n) is 8.07. The van der Waals surface area contributed by atoms with E-state index in [1.807, 2.05) is 35.2 Å². The molecule has 2 aromatic heterocycles. The molecule has 174 valence electrons. The number of pyridine rings is 1. The number of rotatable bonds is 7. The molecular weight excluding hydrogens is 465 g/mol. The van der Waals surface area contributed by atoms with Crippen LogP contribution in [0.15, 0.2) is 55.2 Å². The van der Waals surface area contributed by atoms with Gasteiger partial charge in [-0.05, 0) is 18.2 Å². The predicted octanol–water partition coefficient (Wildman–Crippen LogP) is 3.34. The fraction of sp³-hybridized carbons (Fsp3) is 0.391. The highest BCUT2D eigenvalue weighted by atomic mass is 35.5. The number of piperazine rings is 1. The predicted molar refractivity (Wildman–Crippen MR) is 126 cm³/mol. The van der Waals surface area contributed by atoms with E-state index in [1.165, 1.54) is 0 Å². The molecule has 0 radical (unpaired) electrons. The van der Waals surface area contributed by atoms with Gasteiger partial charge in [-0.1, -0.05) is 29.3 Å². The average molecular weight is 490 g/mol. The molecule has 2 saturated heterocycles. The normalized spacial score (nSPS) is 23.1. The molecule has 0 amide bonds. The van der Waals surface area contributed by atoms with Crippen molar-refractivity contribution in [3.8, 4) is 5.88 Å². The molecule has 0 spiro atoms. The van der Waals surface area contributed by atoms with E-state index in [4.69, 9.17) is 37.4 Å². The van der Waals surface area contributed by atoms with E-state index in [2.05, 4.69) is 20.2 Å². The Labute approximate surface area is 202 Å². The SMILES string of the molecule is Clc1ccc([C@]2(Cn3ccnc3)OC[C@@H](COc3ccc(N4CCNCC4)cn3)O2)c(Cl)c1. The first-order chi connectivity index (χ1) is 16.1. The van der Waals surface area contributed by atoms with Gasteiger partial charge in [0.25, 0.3) is 0 Å². The lowest BCUT2D eigenvalue weighted by molar-refractivity contribution is -0.189. The Morgan fingerprint density at radius 3 is 2.79 bits per heavy atom. The Balaban J connectivity index is 1.26. The lowest BCUT2D eigenvalue weighted by Crippen LogP contribution is -2.43. The molecule has 2 aliphatic rings. The first-order valence-corrected chi connectivity index (χ1v) is 11.6. The zero-order valence-electron chi connectivity index (χ0n) is 18.0. The van der Waals surface area contributed by atoms with E-state index in [-0.39, 0.29) is 6.10 Å². The number of nitrogens with zero attached hydrogens (tertiary/aromatic N) is 4. The molecule has 1 N–H and O–H groups in total. The molecule has 0 saturated carbocycles. The molecule has 3 aromatic rings. The van der Waals surface area contributed by atoms with E-state index in [0.29, 0.717) is 41.2 Å². The summed E-state index contributed by atoms with van der Waals surface area (Å²) < 4.78 is 20.4. The van der Waals surface area contributed by atoms with Crippen LogP contribution in [0.3, 0.4) is 0 Å². The Kier molecular flexibility index (Phi) is 6.71. The van der Waals surface area contributed by atoms with Crippen LogP contribution in [0.25, 0.3) is 0 Å². The molecule has 0 unspecified atom stereocenters. The molecule has 2 fully saturated rings. The number of hydrogen-bond donors (Lipinski definition) is 1.